The minimum atomic E-state index is 0.465. The van der Waals surface area contributed by atoms with E-state index in [9.17, 15) is 0 Å². The molecule has 1 aliphatic carbocycles. The van der Waals surface area contributed by atoms with Gasteiger partial charge in [-0.3, -0.25) is 5.43 Å². The Labute approximate surface area is 102 Å². The van der Waals surface area contributed by atoms with E-state index in [1.165, 1.54) is 38.5 Å². The first-order valence-corrected chi connectivity index (χ1v) is 6.36. The van der Waals surface area contributed by atoms with Gasteiger partial charge in [-0.15, -0.1) is 0 Å². The van der Waals surface area contributed by atoms with Crippen molar-refractivity contribution in [1.82, 2.24) is 9.97 Å². The first-order chi connectivity index (χ1) is 8.29. The van der Waals surface area contributed by atoms with E-state index in [0.29, 0.717) is 12.0 Å². The normalized spacial score (nSPS) is 17.5. The van der Waals surface area contributed by atoms with Crippen LogP contribution in [-0.4, -0.2) is 16.0 Å². The molecule has 17 heavy (non-hydrogen) atoms. The molecule has 0 aliphatic heterocycles. The molecule has 1 aromatic rings. The van der Waals surface area contributed by atoms with Crippen molar-refractivity contribution in [3.63, 3.8) is 0 Å². The second kappa shape index (κ2) is 5.82. The van der Waals surface area contributed by atoms with Gasteiger partial charge in [-0.25, -0.2) is 10.8 Å². The van der Waals surface area contributed by atoms with Crippen molar-refractivity contribution in [2.24, 2.45) is 5.84 Å². The Balaban J connectivity index is 2.05. The van der Waals surface area contributed by atoms with Crippen LogP contribution < -0.4 is 16.6 Å². The van der Waals surface area contributed by atoms with Gasteiger partial charge in [0.1, 0.15) is 5.82 Å². The topological polar surface area (TPSA) is 75.9 Å². The number of anilines is 2. The van der Waals surface area contributed by atoms with Crippen LogP contribution in [0.15, 0.2) is 6.20 Å². The number of hydrogen-bond acceptors (Lipinski definition) is 5. The molecule has 0 radical (unpaired) electrons. The molecule has 0 amide bonds. The van der Waals surface area contributed by atoms with Crippen molar-refractivity contribution in [2.75, 3.05) is 10.7 Å². The van der Waals surface area contributed by atoms with Crippen LogP contribution in [0.3, 0.4) is 0 Å². The quantitative estimate of drug-likeness (QED) is 0.425. The van der Waals surface area contributed by atoms with Gasteiger partial charge in [0, 0.05) is 17.8 Å². The third-order valence-corrected chi connectivity index (χ3v) is 3.30. The summed E-state index contributed by atoms with van der Waals surface area (Å²) in [4.78, 5) is 8.44. The predicted octanol–water partition coefficient (Wildman–Crippen LogP) is 2.21. The van der Waals surface area contributed by atoms with Crippen LogP contribution in [0, 0.1) is 6.92 Å². The first-order valence-electron chi connectivity index (χ1n) is 6.36. The fourth-order valence-electron chi connectivity index (χ4n) is 2.27. The lowest BCUT2D eigenvalue weighted by molar-refractivity contribution is 0.617. The van der Waals surface area contributed by atoms with Crippen LogP contribution in [0.25, 0.3) is 0 Å². The van der Waals surface area contributed by atoms with Crippen molar-refractivity contribution in [3.05, 3.63) is 11.8 Å². The molecule has 1 aromatic heterocycles. The lowest BCUT2D eigenvalue weighted by Gasteiger charge is -2.18. The van der Waals surface area contributed by atoms with Crippen LogP contribution in [-0.2, 0) is 0 Å². The van der Waals surface area contributed by atoms with Crippen LogP contribution in [0.4, 0.5) is 11.8 Å². The van der Waals surface area contributed by atoms with Crippen molar-refractivity contribution >= 4 is 11.8 Å². The van der Waals surface area contributed by atoms with E-state index >= 15 is 0 Å². The zero-order chi connectivity index (χ0) is 12.1. The molecule has 0 spiro atoms. The predicted molar refractivity (Wildman–Crippen MR) is 69.7 cm³/mol. The number of nitrogens with two attached hydrogens (primary N) is 1. The van der Waals surface area contributed by atoms with Gasteiger partial charge in [0.15, 0.2) is 0 Å². The average Bonchev–Trinajstić information content (AvgIpc) is 2.60. The van der Waals surface area contributed by atoms with Gasteiger partial charge in [-0.1, -0.05) is 25.7 Å². The van der Waals surface area contributed by atoms with E-state index in [0.717, 1.165) is 11.4 Å². The molecule has 5 nitrogen and oxygen atoms in total. The van der Waals surface area contributed by atoms with Crippen LogP contribution in [0.2, 0.25) is 0 Å². The summed E-state index contributed by atoms with van der Waals surface area (Å²) in [6, 6.07) is 0.539. The molecular formula is C12H21N5. The molecular weight excluding hydrogens is 214 g/mol. The fourth-order valence-corrected chi connectivity index (χ4v) is 2.27. The molecule has 0 unspecified atom stereocenters. The second-order valence-electron chi connectivity index (χ2n) is 4.70. The maximum Gasteiger partial charge on any atom is 0.239 e. The summed E-state index contributed by atoms with van der Waals surface area (Å²) in [5.41, 5.74) is 3.55. The van der Waals surface area contributed by atoms with E-state index < -0.39 is 0 Å². The molecule has 94 valence electrons. The van der Waals surface area contributed by atoms with Crippen molar-refractivity contribution in [3.8, 4) is 0 Å². The summed E-state index contributed by atoms with van der Waals surface area (Å²) < 4.78 is 0. The second-order valence-corrected chi connectivity index (χ2v) is 4.70. The molecule has 4 N–H and O–H groups in total. The molecule has 1 aliphatic rings. The Bertz CT molecular complexity index is 358. The summed E-state index contributed by atoms with van der Waals surface area (Å²) >= 11 is 0. The molecule has 1 fully saturated rings. The number of aryl methyl sites for hydroxylation is 1. The van der Waals surface area contributed by atoms with Gasteiger partial charge in [0.05, 0.1) is 0 Å². The average molecular weight is 235 g/mol. The highest BCUT2D eigenvalue weighted by Gasteiger charge is 2.13. The third-order valence-electron chi connectivity index (χ3n) is 3.30. The maximum atomic E-state index is 5.32. The Kier molecular flexibility index (Phi) is 4.14. The van der Waals surface area contributed by atoms with Gasteiger partial charge >= 0.3 is 0 Å². The number of nitrogens with one attached hydrogen (secondary N) is 2. The number of nitrogen functional groups attached to an aromatic ring is 1. The van der Waals surface area contributed by atoms with Gasteiger partial charge in [0.2, 0.25) is 5.95 Å². The van der Waals surface area contributed by atoms with E-state index in [4.69, 9.17) is 5.84 Å². The minimum Gasteiger partial charge on any atom is -0.367 e. The molecule has 0 aromatic carbocycles. The number of nitrogens with zero attached hydrogens (tertiary/aromatic N) is 2. The van der Waals surface area contributed by atoms with Gasteiger partial charge in [-0.05, 0) is 19.8 Å². The minimum absolute atomic E-state index is 0.465. The standard InChI is InChI=1S/C12H21N5/c1-9-8-14-12(17-13)16-11(9)15-10-6-4-2-3-5-7-10/h8,10H,2-7,13H2,1H3,(H2,14,15,16,17). The summed E-state index contributed by atoms with van der Waals surface area (Å²) in [7, 11) is 0. The number of aromatic nitrogens is 2. The van der Waals surface area contributed by atoms with Gasteiger partial charge in [0.25, 0.3) is 0 Å². The zero-order valence-electron chi connectivity index (χ0n) is 10.4. The van der Waals surface area contributed by atoms with Crippen molar-refractivity contribution < 1.29 is 0 Å². The Hall–Kier alpha value is -1.36. The summed E-state index contributed by atoms with van der Waals surface area (Å²) in [5, 5.41) is 3.52. The van der Waals surface area contributed by atoms with E-state index in [1.54, 1.807) is 6.20 Å². The highest BCUT2D eigenvalue weighted by atomic mass is 15.3. The van der Waals surface area contributed by atoms with Crippen LogP contribution >= 0.6 is 0 Å². The van der Waals surface area contributed by atoms with E-state index in [-0.39, 0.29) is 0 Å². The monoisotopic (exact) mass is 235 g/mol. The van der Waals surface area contributed by atoms with Crippen molar-refractivity contribution in [1.29, 1.82) is 0 Å². The highest BCUT2D eigenvalue weighted by molar-refractivity contribution is 5.46. The third kappa shape index (κ3) is 3.30. The molecule has 0 saturated heterocycles. The molecule has 0 atom stereocenters. The lowest BCUT2D eigenvalue weighted by Crippen LogP contribution is -2.21. The van der Waals surface area contributed by atoms with Gasteiger partial charge in [-0.2, -0.15) is 4.98 Å². The Morgan fingerprint density at radius 1 is 1.24 bits per heavy atom. The summed E-state index contributed by atoms with van der Waals surface area (Å²) in [6.45, 7) is 2.01. The van der Waals surface area contributed by atoms with Crippen molar-refractivity contribution in [2.45, 2.75) is 51.5 Å². The van der Waals surface area contributed by atoms with E-state index in [2.05, 4.69) is 20.7 Å². The van der Waals surface area contributed by atoms with E-state index in [1.807, 2.05) is 6.92 Å². The molecule has 5 heteroatoms. The van der Waals surface area contributed by atoms with Crippen LogP contribution in [0.5, 0.6) is 0 Å². The molecule has 0 bridgehead atoms. The van der Waals surface area contributed by atoms with Crippen LogP contribution in [0.1, 0.15) is 44.1 Å². The summed E-state index contributed by atoms with van der Waals surface area (Å²) in [5.74, 6) is 6.69. The lowest BCUT2D eigenvalue weighted by atomic mass is 10.1. The molecule has 1 heterocycles. The largest absolute Gasteiger partial charge is 0.367 e. The maximum absolute atomic E-state index is 5.32. The summed E-state index contributed by atoms with van der Waals surface area (Å²) in [6.07, 6.45) is 9.59. The van der Waals surface area contributed by atoms with Gasteiger partial charge < -0.3 is 5.32 Å². The molecule has 2 rings (SSSR count). The fraction of sp³-hybridized carbons (Fsp3) is 0.667. The smallest absolute Gasteiger partial charge is 0.239 e. The Morgan fingerprint density at radius 2 is 1.94 bits per heavy atom. The Morgan fingerprint density at radius 3 is 2.59 bits per heavy atom. The zero-order valence-corrected chi connectivity index (χ0v) is 10.4. The number of rotatable bonds is 3. The SMILES string of the molecule is Cc1cnc(NN)nc1NC1CCCCCC1. The number of hydrogen-bond donors (Lipinski definition) is 3. The molecule has 1 saturated carbocycles. The number of hydrazine groups is 1. The first kappa shape index (κ1) is 12.1. The highest BCUT2D eigenvalue weighted by Crippen LogP contribution is 2.22.